The van der Waals surface area contributed by atoms with Crippen LogP contribution >= 0.6 is 18.8 Å². The molecule has 1 saturated carbocycles. The summed E-state index contributed by atoms with van der Waals surface area (Å²) in [6.45, 7) is 5.42. The minimum absolute atomic E-state index is 0.586. The maximum absolute atomic E-state index is 4.89. The Kier molecular flexibility index (Phi) is 24.3. The molecular weight excluding hydrogens is 287 g/mol. The molecule has 0 aromatic carbocycles. The third-order valence-corrected chi connectivity index (χ3v) is 0.884. The Bertz CT molecular complexity index is 56.3. The Morgan fingerprint density at radius 2 is 1.38 bits per heavy atom. The Morgan fingerprint density at radius 3 is 1.46 bits per heavy atom. The fourth-order valence-corrected chi connectivity index (χ4v) is 0.457. The molecular formula is C10H13Cl2Mo. The van der Waals surface area contributed by atoms with Gasteiger partial charge >= 0.3 is 35.3 Å². The van der Waals surface area contributed by atoms with Crippen molar-refractivity contribution in [3.63, 3.8) is 0 Å². The van der Waals surface area contributed by atoms with Gasteiger partial charge in [0.05, 0.1) is 0 Å². The van der Waals surface area contributed by atoms with E-state index in [0.717, 1.165) is 0 Å². The molecule has 0 aromatic heterocycles. The van der Waals surface area contributed by atoms with Gasteiger partial charge in [-0.1, -0.05) is 6.92 Å². The van der Waals surface area contributed by atoms with E-state index in [2.05, 4.69) is 6.92 Å². The van der Waals surface area contributed by atoms with Crippen LogP contribution in [0.15, 0.2) is 0 Å². The van der Waals surface area contributed by atoms with E-state index in [1.54, 1.807) is 6.42 Å². The summed E-state index contributed by atoms with van der Waals surface area (Å²) in [4.78, 5) is 0. The quantitative estimate of drug-likeness (QED) is 0.680. The molecule has 0 N–H and O–H groups in total. The zero-order chi connectivity index (χ0) is 10.4. The van der Waals surface area contributed by atoms with Crippen molar-refractivity contribution in [3.05, 3.63) is 58.3 Å². The fourth-order valence-electron chi connectivity index (χ4n) is 0.457. The molecule has 73 valence electrons. The van der Waals surface area contributed by atoms with Crippen LogP contribution < -0.4 is 0 Å². The van der Waals surface area contributed by atoms with Crippen molar-refractivity contribution >= 4 is 18.8 Å². The van der Waals surface area contributed by atoms with E-state index in [4.69, 9.17) is 18.8 Å². The zero-order valence-corrected chi connectivity index (χ0v) is 11.0. The van der Waals surface area contributed by atoms with Crippen molar-refractivity contribution < 1.29 is 16.5 Å². The van der Waals surface area contributed by atoms with Gasteiger partial charge in [0.25, 0.3) is 0 Å². The SMILES string of the molecule is [CH2][CH][CH][CH]C.[CH]1[CH][CH][CH][CH]1.[Cl][Mo][Cl]. The number of unbranched alkanes of at least 4 members (excludes halogenated alkanes) is 2. The third-order valence-electron chi connectivity index (χ3n) is 0.884. The van der Waals surface area contributed by atoms with E-state index in [-0.39, 0.29) is 0 Å². The van der Waals surface area contributed by atoms with Crippen LogP contribution in [-0.4, -0.2) is 0 Å². The molecule has 0 amide bonds. The first kappa shape index (κ1) is 16.7. The van der Waals surface area contributed by atoms with Crippen LogP contribution in [0.3, 0.4) is 0 Å². The monoisotopic (exact) mass is 301 g/mol. The standard InChI is InChI=1S/C5H5.C5H8.2ClH.Mo/c1-2-4-5-3-1;1-3-5-4-2;;;/h1-5H;3-5H,1H2,2H3;2*1H;/q;;;;+2/p-2. The Balaban J connectivity index is 0. The van der Waals surface area contributed by atoms with Crippen molar-refractivity contribution in [2.45, 2.75) is 6.92 Å². The molecule has 0 nitrogen and oxygen atoms in total. The molecule has 1 aliphatic rings. The van der Waals surface area contributed by atoms with Crippen LogP contribution in [0.5, 0.6) is 0 Å². The van der Waals surface area contributed by atoms with Crippen LogP contribution in [0.25, 0.3) is 0 Å². The number of hydrogen-bond acceptors (Lipinski definition) is 0. The summed E-state index contributed by atoms with van der Waals surface area (Å²) >= 11 is -0.586. The zero-order valence-electron chi connectivity index (χ0n) is 7.49. The van der Waals surface area contributed by atoms with E-state index < -0.39 is 16.5 Å². The predicted molar refractivity (Wildman–Crippen MR) is 57.1 cm³/mol. The number of hydrogen-bond donors (Lipinski definition) is 0. The van der Waals surface area contributed by atoms with Gasteiger partial charge in [0, 0.05) is 0 Å². The summed E-state index contributed by atoms with van der Waals surface area (Å²) in [5.41, 5.74) is 0. The van der Waals surface area contributed by atoms with Gasteiger partial charge in [-0.2, -0.15) is 0 Å². The molecule has 0 heterocycles. The summed E-state index contributed by atoms with van der Waals surface area (Å²) in [5.74, 6) is 0. The summed E-state index contributed by atoms with van der Waals surface area (Å²) in [6.07, 6.45) is 15.6. The molecule has 9 radical (unpaired) electrons. The molecule has 0 unspecified atom stereocenters. The Hall–Kier alpha value is 1.27. The van der Waals surface area contributed by atoms with Gasteiger partial charge in [-0.15, -0.1) is 0 Å². The molecule has 0 atom stereocenters. The van der Waals surface area contributed by atoms with Crippen LogP contribution in [0.1, 0.15) is 6.92 Å². The van der Waals surface area contributed by atoms with E-state index in [9.17, 15) is 0 Å². The van der Waals surface area contributed by atoms with Gasteiger partial charge in [-0.3, -0.25) is 0 Å². The average Bonchev–Trinajstić information content (AvgIpc) is 2.64. The van der Waals surface area contributed by atoms with Crippen molar-refractivity contribution in [2.75, 3.05) is 0 Å². The van der Waals surface area contributed by atoms with Crippen LogP contribution in [-0.2, 0) is 16.5 Å². The second kappa shape index (κ2) is 18.9. The van der Waals surface area contributed by atoms with Crippen molar-refractivity contribution in [3.8, 4) is 0 Å². The first-order chi connectivity index (χ1) is 6.33. The molecule has 1 rings (SSSR count). The molecule has 3 heteroatoms. The van der Waals surface area contributed by atoms with Crippen molar-refractivity contribution in [1.29, 1.82) is 0 Å². The summed E-state index contributed by atoms with van der Waals surface area (Å²) in [6, 6.07) is 0. The Labute approximate surface area is 100 Å². The molecule has 0 aromatic rings. The van der Waals surface area contributed by atoms with E-state index in [0.29, 0.717) is 0 Å². The predicted octanol–water partition coefficient (Wildman–Crippen LogP) is 3.85. The van der Waals surface area contributed by atoms with Crippen molar-refractivity contribution in [1.82, 2.24) is 0 Å². The van der Waals surface area contributed by atoms with Crippen molar-refractivity contribution in [2.24, 2.45) is 0 Å². The average molecular weight is 300 g/mol. The van der Waals surface area contributed by atoms with E-state index in [1.807, 2.05) is 51.9 Å². The van der Waals surface area contributed by atoms with Gasteiger partial charge in [-0.25, -0.2) is 0 Å². The van der Waals surface area contributed by atoms with Gasteiger partial charge < -0.3 is 0 Å². The first-order valence-electron chi connectivity index (χ1n) is 3.63. The van der Waals surface area contributed by atoms with E-state index >= 15 is 0 Å². The van der Waals surface area contributed by atoms with E-state index in [1.165, 1.54) is 0 Å². The molecule has 1 aliphatic carbocycles. The van der Waals surface area contributed by atoms with Crippen LogP contribution in [0, 0.1) is 58.3 Å². The second-order valence-corrected chi connectivity index (χ2v) is 4.83. The molecule has 0 bridgehead atoms. The topological polar surface area (TPSA) is 0 Å². The van der Waals surface area contributed by atoms with Gasteiger partial charge in [0.15, 0.2) is 0 Å². The first-order valence-corrected chi connectivity index (χ1v) is 8.80. The summed E-state index contributed by atoms with van der Waals surface area (Å²) < 4.78 is 0. The van der Waals surface area contributed by atoms with Gasteiger partial charge in [0.1, 0.15) is 0 Å². The maximum atomic E-state index is 4.89. The second-order valence-electron chi connectivity index (χ2n) is 1.78. The molecule has 1 fully saturated rings. The minimum atomic E-state index is -0.586. The van der Waals surface area contributed by atoms with Gasteiger partial charge in [-0.05, 0) is 58.3 Å². The third kappa shape index (κ3) is 24.6. The van der Waals surface area contributed by atoms with Crippen LogP contribution in [0.2, 0.25) is 0 Å². The Morgan fingerprint density at radius 1 is 1.08 bits per heavy atom. The van der Waals surface area contributed by atoms with Gasteiger partial charge in [0.2, 0.25) is 0 Å². The molecule has 0 saturated heterocycles. The summed E-state index contributed by atoms with van der Waals surface area (Å²) in [5, 5.41) is 0. The molecule has 13 heavy (non-hydrogen) atoms. The normalized spacial score (nSPS) is 13.8. The molecule has 0 aliphatic heterocycles. The van der Waals surface area contributed by atoms with Crippen LogP contribution in [0.4, 0.5) is 0 Å². The molecule has 0 spiro atoms. The number of rotatable bonds is 2. The fraction of sp³-hybridized carbons (Fsp3) is 0.100. The summed E-state index contributed by atoms with van der Waals surface area (Å²) in [7, 11) is 9.79. The number of halogens is 2.